The van der Waals surface area contributed by atoms with Crippen molar-refractivity contribution in [2.75, 3.05) is 37.7 Å². The molecule has 0 spiro atoms. The van der Waals surface area contributed by atoms with Gasteiger partial charge in [-0.05, 0) is 56.6 Å². The molecule has 0 aromatic heterocycles. The lowest BCUT2D eigenvalue weighted by molar-refractivity contribution is 0.150. The van der Waals surface area contributed by atoms with Crippen LogP contribution in [-0.2, 0) is 0 Å². The summed E-state index contributed by atoms with van der Waals surface area (Å²) in [4.78, 5) is 2.40. The summed E-state index contributed by atoms with van der Waals surface area (Å²) in [7, 11) is 2.19. The summed E-state index contributed by atoms with van der Waals surface area (Å²) >= 11 is 3.48. The largest absolute Gasteiger partial charge is 0.397 e. The number of nitrogen functional groups attached to an aromatic ring is 1. The van der Waals surface area contributed by atoms with E-state index in [0.717, 1.165) is 22.4 Å². The summed E-state index contributed by atoms with van der Waals surface area (Å²) in [5.74, 6) is 0. The second kappa shape index (κ2) is 5.49. The van der Waals surface area contributed by atoms with Gasteiger partial charge in [-0.2, -0.15) is 0 Å². The highest BCUT2D eigenvalue weighted by Crippen LogP contribution is 2.32. The van der Waals surface area contributed by atoms with Crippen molar-refractivity contribution in [2.45, 2.75) is 19.8 Å². The quantitative estimate of drug-likeness (QED) is 0.842. The summed E-state index contributed by atoms with van der Waals surface area (Å²) in [6.45, 7) is 5.72. The molecule has 3 N–H and O–H groups in total. The number of hydrogen-bond donors (Lipinski definition) is 2. The highest BCUT2D eigenvalue weighted by atomic mass is 79.9. The molecular formula is C14H22BrN3. The first kappa shape index (κ1) is 13.7. The van der Waals surface area contributed by atoms with Gasteiger partial charge in [0.1, 0.15) is 0 Å². The van der Waals surface area contributed by atoms with E-state index in [-0.39, 0.29) is 0 Å². The van der Waals surface area contributed by atoms with Crippen molar-refractivity contribution in [3.05, 3.63) is 22.7 Å². The Hall–Kier alpha value is -0.740. The molecule has 0 amide bonds. The molecule has 18 heavy (non-hydrogen) atoms. The monoisotopic (exact) mass is 311 g/mol. The molecule has 0 aliphatic carbocycles. The van der Waals surface area contributed by atoms with Gasteiger partial charge in [0.25, 0.3) is 0 Å². The van der Waals surface area contributed by atoms with Crippen molar-refractivity contribution in [1.29, 1.82) is 0 Å². The van der Waals surface area contributed by atoms with E-state index in [1.807, 2.05) is 18.2 Å². The van der Waals surface area contributed by atoms with Gasteiger partial charge in [0.2, 0.25) is 0 Å². The Bertz CT molecular complexity index is 412. The molecule has 0 radical (unpaired) electrons. The lowest BCUT2D eigenvalue weighted by Crippen LogP contribution is -2.40. The first-order chi connectivity index (χ1) is 8.48. The molecule has 3 nitrogen and oxygen atoms in total. The molecule has 1 aromatic carbocycles. The summed E-state index contributed by atoms with van der Waals surface area (Å²) in [6.07, 6.45) is 2.48. The average molecular weight is 312 g/mol. The van der Waals surface area contributed by atoms with Crippen molar-refractivity contribution < 1.29 is 0 Å². The summed E-state index contributed by atoms with van der Waals surface area (Å²) in [6, 6.07) is 5.95. The molecule has 1 aliphatic rings. The van der Waals surface area contributed by atoms with Crippen LogP contribution < -0.4 is 11.1 Å². The van der Waals surface area contributed by atoms with Crippen molar-refractivity contribution in [3.63, 3.8) is 0 Å². The maximum absolute atomic E-state index is 5.98. The Balaban J connectivity index is 1.96. The highest BCUT2D eigenvalue weighted by molar-refractivity contribution is 9.10. The number of likely N-dealkylation sites (tertiary alicyclic amines) is 1. The molecule has 4 heteroatoms. The van der Waals surface area contributed by atoms with E-state index in [4.69, 9.17) is 5.73 Å². The third-order valence-corrected chi connectivity index (χ3v) is 4.41. The molecule has 0 saturated carbocycles. The topological polar surface area (TPSA) is 41.3 Å². The first-order valence-electron chi connectivity index (χ1n) is 6.46. The van der Waals surface area contributed by atoms with Crippen LogP contribution in [0.3, 0.4) is 0 Å². The lowest BCUT2D eigenvalue weighted by Gasteiger charge is -2.38. The molecule has 1 fully saturated rings. The second-order valence-corrected chi connectivity index (χ2v) is 6.61. The van der Waals surface area contributed by atoms with Gasteiger partial charge in [-0.25, -0.2) is 0 Å². The minimum absolute atomic E-state index is 0.376. The van der Waals surface area contributed by atoms with Crippen LogP contribution in [0.4, 0.5) is 11.4 Å². The Labute approximate surface area is 118 Å². The molecule has 1 heterocycles. The third kappa shape index (κ3) is 3.39. The van der Waals surface area contributed by atoms with E-state index in [1.165, 1.54) is 25.9 Å². The van der Waals surface area contributed by atoms with Crippen molar-refractivity contribution in [2.24, 2.45) is 5.41 Å². The van der Waals surface area contributed by atoms with Gasteiger partial charge in [0.15, 0.2) is 0 Å². The van der Waals surface area contributed by atoms with Gasteiger partial charge in [0, 0.05) is 11.0 Å². The summed E-state index contributed by atoms with van der Waals surface area (Å²) in [5, 5.41) is 3.51. The Morgan fingerprint density at radius 1 is 1.39 bits per heavy atom. The number of anilines is 2. The Kier molecular flexibility index (Phi) is 4.17. The fourth-order valence-electron chi connectivity index (χ4n) is 2.33. The zero-order valence-electron chi connectivity index (χ0n) is 11.2. The molecule has 0 atom stereocenters. The first-order valence-corrected chi connectivity index (χ1v) is 7.25. The van der Waals surface area contributed by atoms with E-state index in [9.17, 15) is 0 Å². The summed E-state index contributed by atoms with van der Waals surface area (Å²) < 4.78 is 1.06. The fourth-order valence-corrected chi connectivity index (χ4v) is 2.69. The maximum atomic E-state index is 5.98. The maximum Gasteiger partial charge on any atom is 0.0585 e. The highest BCUT2D eigenvalue weighted by Gasteiger charge is 2.28. The van der Waals surface area contributed by atoms with Gasteiger partial charge >= 0.3 is 0 Å². The predicted octanol–water partition coefficient (Wildman–Crippen LogP) is 3.18. The fraction of sp³-hybridized carbons (Fsp3) is 0.571. The normalized spacial score (nSPS) is 19.7. The van der Waals surface area contributed by atoms with Crippen LogP contribution in [0.5, 0.6) is 0 Å². The Morgan fingerprint density at radius 2 is 2.06 bits per heavy atom. The molecule has 1 aliphatic heterocycles. The molecule has 1 saturated heterocycles. The molecular weight excluding hydrogens is 290 g/mol. The zero-order chi connectivity index (χ0) is 13.2. The number of benzene rings is 1. The van der Waals surface area contributed by atoms with E-state index in [0.29, 0.717) is 5.41 Å². The number of nitrogens with two attached hydrogens (primary N) is 1. The van der Waals surface area contributed by atoms with Gasteiger partial charge in [-0.1, -0.05) is 22.9 Å². The number of hydrogen-bond acceptors (Lipinski definition) is 3. The lowest BCUT2D eigenvalue weighted by atomic mass is 9.80. The van der Waals surface area contributed by atoms with E-state index >= 15 is 0 Å². The minimum atomic E-state index is 0.376. The SMILES string of the molecule is CN1CCC(C)(CNc2cc(Br)ccc2N)CC1. The van der Waals surface area contributed by atoms with Crippen LogP contribution in [0.25, 0.3) is 0 Å². The van der Waals surface area contributed by atoms with E-state index < -0.39 is 0 Å². The smallest absolute Gasteiger partial charge is 0.0585 e. The molecule has 2 rings (SSSR count). The number of nitrogens with zero attached hydrogens (tertiary/aromatic N) is 1. The van der Waals surface area contributed by atoms with Crippen LogP contribution in [-0.4, -0.2) is 31.6 Å². The second-order valence-electron chi connectivity index (χ2n) is 5.70. The Morgan fingerprint density at radius 3 is 2.72 bits per heavy atom. The number of nitrogens with one attached hydrogen (secondary N) is 1. The van der Waals surface area contributed by atoms with Crippen molar-refractivity contribution in [1.82, 2.24) is 4.90 Å². The standard InChI is InChI=1S/C14H22BrN3/c1-14(5-7-18(2)8-6-14)10-17-13-9-11(15)3-4-12(13)16/h3-4,9,17H,5-8,10,16H2,1-2H3. The molecule has 1 aromatic rings. The number of rotatable bonds is 3. The van der Waals surface area contributed by atoms with E-state index in [2.05, 4.69) is 40.1 Å². The van der Waals surface area contributed by atoms with Crippen LogP contribution in [0.2, 0.25) is 0 Å². The van der Waals surface area contributed by atoms with Gasteiger partial charge in [-0.3, -0.25) is 0 Å². The summed E-state index contributed by atoms with van der Waals surface area (Å²) in [5.41, 5.74) is 8.20. The number of halogens is 1. The van der Waals surface area contributed by atoms with Crippen LogP contribution in [0.1, 0.15) is 19.8 Å². The van der Waals surface area contributed by atoms with Gasteiger partial charge < -0.3 is 16.0 Å². The van der Waals surface area contributed by atoms with Gasteiger partial charge in [0.05, 0.1) is 11.4 Å². The van der Waals surface area contributed by atoms with Crippen molar-refractivity contribution in [3.8, 4) is 0 Å². The van der Waals surface area contributed by atoms with Crippen LogP contribution in [0.15, 0.2) is 22.7 Å². The van der Waals surface area contributed by atoms with E-state index in [1.54, 1.807) is 0 Å². The molecule has 0 unspecified atom stereocenters. The van der Waals surface area contributed by atoms with Gasteiger partial charge in [-0.15, -0.1) is 0 Å². The molecule has 0 bridgehead atoms. The zero-order valence-corrected chi connectivity index (χ0v) is 12.8. The number of piperidine rings is 1. The van der Waals surface area contributed by atoms with Crippen molar-refractivity contribution >= 4 is 27.3 Å². The van der Waals surface area contributed by atoms with Crippen LogP contribution in [0, 0.1) is 5.41 Å². The minimum Gasteiger partial charge on any atom is -0.397 e. The van der Waals surface area contributed by atoms with Crippen LogP contribution >= 0.6 is 15.9 Å². The molecule has 100 valence electrons. The predicted molar refractivity (Wildman–Crippen MR) is 81.9 cm³/mol. The average Bonchev–Trinajstić information content (AvgIpc) is 2.35. The third-order valence-electron chi connectivity index (χ3n) is 3.92.